The number of rotatable bonds is 8. The third-order valence-corrected chi connectivity index (χ3v) is 6.62. The lowest BCUT2D eigenvalue weighted by Crippen LogP contribution is -2.33. The summed E-state index contributed by atoms with van der Waals surface area (Å²) in [7, 11) is 3.59. The topological polar surface area (TPSA) is 84.7 Å². The number of anilines is 1. The van der Waals surface area contributed by atoms with E-state index in [1.54, 1.807) is 0 Å². The van der Waals surface area contributed by atoms with Gasteiger partial charge < -0.3 is 15.0 Å². The number of ether oxygens (including phenoxy) is 1. The number of carbonyl (C=O) groups is 1. The Hall–Kier alpha value is -2.74. The molecule has 31 heavy (non-hydrogen) atoms. The van der Waals surface area contributed by atoms with Crippen molar-refractivity contribution in [2.24, 2.45) is 0 Å². The lowest BCUT2D eigenvalue weighted by molar-refractivity contribution is -0.385. The molecule has 0 aliphatic heterocycles. The Balaban J connectivity index is 1.68. The van der Waals surface area contributed by atoms with Crippen LogP contribution >= 0.6 is 11.8 Å². The fourth-order valence-electron chi connectivity index (χ4n) is 4.01. The molecule has 1 N–H and O–H groups in total. The molecule has 0 saturated heterocycles. The SMILES string of the molecule is COc1cc([N+](=O)[O-])c(C(=O)NCc2ccc(N(C)C3CCCCC3)cc2)cc1SC. The van der Waals surface area contributed by atoms with Crippen molar-refractivity contribution in [1.29, 1.82) is 0 Å². The summed E-state index contributed by atoms with van der Waals surface area (Å²) in [5, 5.41) is 14.3. The molecule has 0 radical (unpaired) electrons. The molecule has 1 saturated carbocycles. The van der Waals surface area contributed by atoms with Crippen molar-refractivity contribution >= 4 is 29.0 Å². The van der Waals surface area contributed by atoms with Gasteiger partial charge >= 0.3 is 0 Å². The van der Waals surface area contributed by atoms with Crippen LogP contribution < -0.4 is 15.0 Å². The van der Waals surface area contributed by atoms with E-state index >= 15 is 0 Å². The van der Waals surface area contributed by atoms with Gasteiger partial charge in [-0.05, 0) is 42.9 Å². The van der Waals surface area contributed by atoms with Crippen LogP contribution in [0.15, 0.2) is 41.3 Å². The Morgan fingerprint density at radius 2 is 1.90 bits per heavy atom. The number of nitrogens with zero attached hydrogens (tertiary/aromatic N) is 2. The summed E-state index contributed by atoms with van der Waals surface area (Å²) < 4.78 is 5.20. The van der Waals surface area contributed by atoms with E-state index in [1.165, 1.54) is 63.1 Å². The Kier molecular flexibility index (Phi) is 7.79. The molecule has 1 fully saturated rings. The van der Waals surface area contributed by atoms with Gasteiger partial charge in [0.05, 0.1) is 23.0 Å². The van der Waals surface area contributed by atoms with E-state index < -0.39 is 10.8 Å². The first-order valence-electron chi connectivity index (χ1n) is 10.4. The molecule has 0 spiro atoms. The normalized spacial score (nSPS) is 14.2. The van der Waals surface area contributed by atoms with Crippen molar-refractivity contribution in [1.82, 2.24) is 5.32 Å². The largest absolute Gasteiger partial charge is 0.495 e. The number of hydrogen-bond donors (Lipinski definition) is 1. The summed E-state index contributed by atoms with van der Waals surface area (Å²) in [6, 6.07) is 11.5. The second-order valence-electron chi connectivity index (χ2n) is 7.73. The number of hydrogen-bond acceptors (Lipinski definition) is 6. The standard InChI is InChI=1S/C23H29N3O4S/c1-25(17-7-5-4-6-8-17)18-11-9-16(10-12-18)15-24-23(27)19-13-22(31-3)21(30-2)14-20(19)26(28)29/h9-14,17H,4-8,15H2,1-3H3,(H,24,27). The van der Waals surface area contributed by atoms with Gasteiger partial charge in [0.15, 0.2) is 0 Å². The second kappa shape index (κ2) is 10.5. The van der Waals surface area contributed by atoms with Crippen molar-refractivity contribution in [3.8, 4) is 5.75 Å². The van der Waals surface area contributed by atoms with Gasteiger partial charge in [0.1, 0.15) is 11.3 Å². The zero-order valence-corrected chi connectivity index (χ0v) is 19.0. The maximum Gasteiger partial charge on any atom is 0.285 e. The maximum atomic E-state index is 12.7. The molecule has 0 atom stereocenters. The van der Waals surface area contributed by atoms with Crippen molar-refractivity contribution in [2.75, 3.05) is 25.3 Å². The van der Waals surface area contributed by atoms with Crippen LogP contribution in [0.2, 0.25) is 0 Å². The van der Waals surface area contributed by atoms with Crippen LogP contribution in [-0.4, -0.2) is 37.3 Å². The van der Waals surface area contributed by atoms with Crippen LogP contribution in [-0.2, 0) is 6.54 Å². The zero-order valence-electron chi connectivity index (χ0n) is 18.2. The molecular weight excluding hydrogens is 414 g/mol. The molecule has 1 aliphatic carbocycles. The van der Waals surface area contributed by atoms with E-state index in [1.807, 2.05) is 18.4 Å². The van der Waals surface area contributed by atoms with Crippen molar-refractivity contribution in [2.45, 2.75) is 49.6 Å². The van der Waals surface area contributed by atoms with Crippen LogP contribution in [0.1, 0.15) is 48.0 Å². The Bertz CT molecular complexity index is 927. The third-order valence-electron chi connectivity index (χ3n) is 5.86. The molecule has 0 bridgehead atoms. The molecule has 0 unspecified atom stereocenters. The van der Waals surface area contributed by atoms with Gasteiger partial charge in [0.25, 0.3) is 11.6 Å². The van der Waals surface area contributed by atoms with Gasteiger partial charge in [-0.3, -0.25) is 14.9 Å². The first-order valence-corrected chi connectivity index (χ1v) is 11.7. The highest BCUT2D eigenvalue weighted by molar-refractivity contribution is 7.98. The molecule has 0 heterocycles. The molecule has 2 aromatic carbocycles. The lowest BCUT2D eigenvalue weighted by Gasteiger charge is -2.33. The summed E-state index contributed by atoms with van der Waals surface area (Å²) in [5.41, 5.74) is 1.87. The first kappa shape index (κ1) is 22.9. The smallest absolute Gasteiger partial charge is 0.285 e. The van der Waals surface area contributed by atoms with E-state index in [0.717, 1.165) is 11.3 Å². The molecule has 7 nitrogen and oxygen atoms in total. The quantitative estimate of drug-likeness (QED) is 0.350. The molecule has 3 rings (SSSR count). The van der Waals surface area contributed by atoms with Gasteiger partial charge in [0.2, 0.25) is 0 Å². The first-order chi connectivity index (χ1) is 14.9. The van der Waals surface area contributed by atoms with Crippen molar-refractivity contribution in [3.05, 3.63) is 57.6 Å². The maximum absolute atomic E-state index is 12.7. The molecule has 166 valence electrons. The number of thioether (sulfide) groups is 1. The van der Waals surface area contributed by atoms with Crippen LogP contribution in [0.4, 0.5) is 11.4 Å². The lowest BCUT2D eigenvalue weighted by atomic mass is 9.94. The highest BCUT2D eigenvalue weighted by atomic mass is 32.2. The van der Waals surface area contributed by atoms with Gasteiger partial charge in [0, 0.05) is 25.3 Å². The summed E-state index contributed by atoms with van der Waals surface area (Å²) in [5.74, 6) is -0.0959. The van der Waals surface area contributed by atoms with E-state index in [-0.39, 0.29) is 11.3 Å². The molecule has 0 aromatic heterocycles. The van der Waals surface area contributed by atoms with Crippen LogP contribution in [0.25, 0.3) is 0 Å². The summed E-state index contributed by atoms with van der Waals surface area (Å²) in [6.07, 6.45) is 8.19. The molecule has 2 aromatic rings. The van der Waals surface area contributed by atoms with Gasteiger partial charge in [-0.25, -0.2) is 0 Å². The summed E-state index contributed by atoms with van der Waals surface area (Å²) in [4.78, 5) is 26.6. The van der Waals surface area contributed by atoms with Crippen LogP contribution in [0, 0.1) is 10.1 Å². The number of nitro groups is 1. The summed E-state index contributed by atoms with van der Waals surface area (Å²) >= 11 is 1.37. The monoisotopic (exact) mass is 443 g/mol. The molecule has 8 heteroatoms. The zero-order chi connectivity index (χ0) is 22.4. The van der Waals surface area contributed by atoms with Crippen LogP contribution in [0.5, 0.6) is 5.75 Å². The number of amides is 1. The van der Waals surface area contributed by atoms with Crippen LogP contribution in [0.3, 0.4) is 0 Å². The average molecular weight is 444 g/mol. The predicted molar refractivity (Wildman–Crippen MR) is 124 cm³/mol. The predicted octanol–water partition coefficient (Wildman–Crippen LogP) is 5.02. The third kappa shape index (κ3) is 5.50. The highest BCUT2D eigenvalue weighted by Gasteiger charge is 2.24. The van der Waals surface area contributed by atoms with E-state index in [9.17, 15) is 14.9 Å². The highest BCUT2D eigenvalue weighted by Crippen LogP contribution is 2.34. The molecule has 1 aliphatic rings. The Morgan fingerprint density at radius 3 is 2.48 bits per heavy atom. The summed E-state index contributed by atoms with van der Waals surface area (Å²) in [6.45, 7) is 0.296. The number of nitrogens with one attached hydrogen (secondary N) is 1. The van der Waals surface area contributed by atoms with Gasteiger partial charge in [-0.2, -0.15) is 0 Å². The Labute approximate surface area is 187 Å². The van der Waals surface area contributed by atoms with E-state index in [4.69, 9.17) is 4.74 Å². The number of benzene rings is 2. The molecular formula is C23H29N3O4S. The number of nitro benzene ring substituents is 1. The van der Waals surface area contributed by atoms with Gasteiger partial charge in [-0.1, -0.05) is 31.4 Å². The van der Waals surface area contributed by atoms with Crippen molar-refractivity contribution in [3.63, 3.8) is 0 Å². The second-order valence-corrected chi connectivity index (χ2v) is 8.58. The van der Waals surface area contributed by atoms with Gasteiger partial charge in [-0.15, -0.1) is 11.8 Å². The number of methoxy groups -OCH3 is 1. The molecule has 1 amide bonds. The minimum absolute atomic E-state index is 0.0313. The fraction of sp³-hybridized carbons (Fsp3) is 0.435. The Morgan fingerprint density at radius 1 is 1.23 bits per heavy atom. The number of carbonyl (C=O) groups excluding carboxylic acids is 1. The van der Waals surface area contributed by atoms with E-state index in [2.05, 4.69) is 29.4 Å². The minimum Gasteiger partial charge on any atom is -0.495 e. The van der Waals surface area contributed by atoms with E-state index in [0.29, 0.717) is 23.2 Å². The fourth-order valence-corrected chi connectivity index (χ4v) is 4.59. The van der Waals surface area contributed by atoms with Crippen molar-refractivity contribution < 1.29 is 14.5 Å². The minimum atomic E-state index is -0.558. The average Bonchev–Trinajstić information content (AvgIpc) is 2.81.